The van der Waals surface area contributed by atoms with Gasteiger partial charge in [-0.1, -0.05) is 0 Å². The lowest BCUT2D eigenvalue weighted by atomic mass is 9.79. The first kappa shape index (κ1) is 9.19. The van der Waals surface area contributed by atoms with E-state index in [2.05, 4.69) is 0 Å². The number of Topliss-reactive ketones (excluding diaryl/α,β-unsaturated/α-hetero) is 1. The summed E-state index contributed by atoms with van der Waals surface area (Å²) >= 11 is 0. The summed E-state index contributed by atoms with van der Waals surface area (Å²) in [5.41, 5.74) is -0.965. The summed E-state index contributed by atoms with van der Waals surface area (Å²) < 4.78 is 9.74. The normalized spacial score (nSPS) is 20.0. The Balaban J connectivity index is 2.57. The molecule has 0 aromatic rings. The van der Waals surface area contributed by atoms with Crippen LogP contribution in [0.3, 0.4) is 0 Å². The van der Waals surface area contributed by atoms with E-state index in [0.717, 1.165) is 0 Å². The van der Waals surface area contributed by atoms with Gasteiger partial charge in [-0.15, -0.1) is 0 Å². The molecule has 0 spiro atoms. The highest BCUT2D eigenvalue weighted by Gasteiger charge is 2.51. The fraction of sp³-hybridized carbons (Fsp3) is 0.750. The van der Waals surface area contributed by atoms with Crippen molar-refractivity contribution in [3.63, 3.8) is 0 Å². The first-order valence-electron chi connectivity index (χ1n) is 3.88. The Hall–Kier alpha value is -0.900. The van der Waals surface area contributed by atoms with Gasteiger partial charge in [0.05, 0.1) is 6.61 Å². The van der Waals surface area contributed by atoms with Gasteiger partial charge < -0.3 is 9.47 Å². The van der Waals surface area contributed by atoms with Gasteiger partial charge in [-0.25, -0.2) is 4.79 Å². The molecule has 0 amide bonds. The molecule has 4 heteroatoms. The van der Waals surface area contributed by atoms with E-state index >= 15 is 0 Å². The minimum Gasteiger partial charge on any atom is -0.464 e. The summed E-state index contributed by atoms with van der Waals surface area (Å²) in [6, 6.07) is 0. The largest absolute Gasteiger partial charge is 0.464 e. The van der Waals surface area contributed by atoms with Gasteiger partial charge in [0.25, 0.3) is 0 Å². The maximum absolute atomic E-state index is 11.2. The third-order valence-electron chi connectivity index (χ3n) is 2.00. The van der Waals surface area contributed by atoms with Crippen molar-refractivity contribution in [2.45, 2.75) is 25.4 Å². The van der Waals surface area contributed by atoms with Gasteiger partial charge >= 0.3 is 5.97 Å². The lowest BCUT2D eigenvalue weighted by Gasteiger charge is -2.35. The van der Waals surface area contributed by atoms with E-state index in [1.165, 1.54) is 7.11 Å². The van der Waals surface area contributed by atoms with Crippen molar-refractivity contribution in [3.05, 3.63) is 0 Å². The molecule has 4 nitrogen and oxygen atoms in total. The number of hydrogen-bond donors (Lipinski definition) is 0. The molecule has 0 bridgehead atoms. The molecule has 0 saturated heterocycles. The molecule has 68 valence electrons. The van der Waals surface area contributed by atoms with Gasteiger partial charge in [0.1, 0.15) is 5.78 Å². The molecule has 0 atom stereocenters. The van der Waals surface area contributed by atoms with Crippen molar-refractivity contribution in [1.29, 1.82) is 0 Å². The van der Waals surface area contributed by atoms with Crippen LogP contribution < -0.4 is 0 Å². The van der Waals surface area contributed by atoms with Crippen LogP contribution in [0.25, 0.3) is 0 Å². The number of ketones is 1. The van der Waals surface area contributed by atoms with Crippen LogP contribution in [0.2, 0.25) is 0 Å². The topological polar surface area (TPSA) is 52.6 Å². The zero-order valence-electron chi connectivity index (χ0n) is 7.25. The standard InChI is InChI=1S/C8H12O4/c1-3-12-7(10)8(11-2)4-6(9)5-8/h3-5H2,1-2H3. The zero-order chi connectivity index (χ0) is 9.19. The predicted molar refractivity (Wildman–Crippen MR) is 40.6 cm³/mol. The molecule has 0 aromatic heterocycles. The molecular weight excluding hydrogens is 160 g/mol. The second-order valence-corrected chi connectivity index (χ2v) is 2.81. The zero-order valence-corrected chi connectivity index (χ0v) is 7.25. The molecular formula is C8H12O4. The van der Waals surface area contributed by atoms with E-state index in [1.807, 2.05) is 0 Å². The smallest absolute Gasteiger partial charge is 0.339 e. The lowest BCUT2D eigenvalue weighted by Crippen LogP contribution is -2.53. The number of carbonyl (C=O) groups excluding carboxylic acids is 2. The van der Waals surface area contributed by atoms with Crippen LogP contribution in [0.4, 0.5) is 0 Å². The second-order valence-electron chi connectivity index (χ2n) is 2.81. The molecule has 0 N–H and O–H groups in total. The summed E-state index contributed by atoms with van der Waals surface area (Å²) in [6.45, 7) is 2.04. The van der Waals surface area contributed by atoms with Crippen molar-refractivity contribution >= 4 is 11.8 Å². The van der Waals surface area contributed by atoms with Crippen LogP contribution in [-0.2, 0) is 19.1 Å². The molecule has 0 radical (unpaired) electrons. The molecule has 1 fully saturated rings. The first-order valence-corrected chi connectivity index (χ1v) is 3.88. The summed E-state index contributed by atoms with van der Waals surface area (Å²) in [6.07, 6.45) is 0.310. The average Bonchev–Trinajstić information content (AvgIpc) is 1.98. The molecule has 1 rings (SSSR count). The third-order valence-corrected chi connectivity index (χ3v) is 2.00. The van der Waals surface area contributed by atoms with Crippen molar-refractivity contribution in [3.8, 4) is 0 Å². The van der Waals surface area contributed by atoms with E-state index in [1.54, 1.807) is 6.92 Å². The Labute approximate surface area is 70.8 Å². The van der Waals surface area contributed by atoms with E-state index in [0.29, 0.717) is 6.61 Å². The van der Waals surface area contributed by atoms with Gasteiger partial charge in [0, 0.05) is 20.0 Å². The lowest BCUT2D eigenvalue weighted by molar-refractivity contribution is -0.182. The van der Waals surface area contributed by atoms with Crippen LogP contribution in [0.15, 0.2) is 0 Å². The fourth-order valence-corrected chi connectivity index (χ4v) is 1.22. The molecule has 0 aromatic carbocycles. The van der Waals surface area contributed by atoms with E-state index in [-0.39, 0.29) is 18.6 Å². The van der Waals surface area contributed by atoms with Crippen molar-refractivity contribution in [2.24, 2.45) is 0 Å². The van der Waals surface area contributed by atoms with Gasteiger partial charge in [-0.05, 0) is 6.92 Å². The van der Waals surface area contributed by atoms with Crippen LogP contribution in [0, 0.1) is 0 Å². The van der Waals surface area contributed by atoms with Crippen LogP contribution in [0.5, 0.6) is 0 Å². The molecule has 0 unspecified atom stereocenters. The molecule has 1 aliphatic rings. The van der Waals surface area contributed by atoms with Crippen molar-refractivity contribution in [2.75, 3.05) is 13.7 Å². The van der Waals surface area contributed by atoms with E-state index < -0.39 is 11.6 Å². The predicted octanol–water partition coefficient (Wildman–Crippen LogP) is 0.298. The van der Waals surface area contributed by atoms with Crippen LogP contribution in [0.1, 0.15) is 19.8 Å². The van der Waals surface area contributed by atoms with E-state index in [9.17, 15) is 9.59 Å². The van der Waals surface area contributed by atoms with Gasteiger partial charge in [0.2, 0.25) is 0 Å². The second kappa shape index (κ2) is 3.23. The highest BCUT2D eigenvalue weighted by Crippen LogP contribution is 2.33. The van der Waals surface area contributed by atoms with Gasteiger partial charge in [-0.3, -0.25) is 4.79 Å². The molecule has 1 aliphatic carbocycles. The van der Waals surface area contributed by atoms with E-state index in [4.69, 9.17) is 9.47 Å². The maximum Gasteiger partial charge on any atom is 0.339 e. The Morgan fingerprint density at radius 2 is 2.17 bits per heavy atom. The van der Waals surface area contributed by atoms with Gasteiger partial charge in [0.15, 0.2) is 5.60 Å². The molecule has 12 heavy (non-hydrogen) atoms. The fourth-order valence-electron chi connectivity index (χ4n) is 1.22. The highest BCUT2D eigenvalue weighted by molar-refractivity contribution is 5.99. The first-order chi connectivity index (χ1) is 5.64. The summed E-state index contributed by atoms with van der Waals surface area (Å²) in [4.78, 5) is 21.9. The maximum atomic E-state index is 11.2. The number of ether oxygens (including phenoxy) is 2. The van der Waals surface area contributed by atoms with Crippen LogP contribution >= 0.6 is 0 Å². The van der Waals surface area contributed by atoms with Crippen molar-refractivity contribution < 1.29 is 19.1 Å². The Kier molecular flexibility index (Phi) is 2.47. The van der Waals surface area contributed by atoms with Gasteiger partial charge in [-0.2, -0.15) is 0 Å². The molecule has 1 saturated carbocycles. The third kappa shape index (κ3) is 1.34. The summed E-state index contributed by atoms with van der Waals surface area (Å²) in [5, 5.41) is 0. The Morgan fingerprint density at radius 3 is 2.50 bits per heavy atom. The minimum absolute atomic E-state index is 0.0462. The Morgan fingerprint density at radius 1 is 1.58 bits per heavy atom. The quantitative estimate of drug-likeness (QED) is 0.574. The summed E-state index contributed by atoms with van der Waals surface area (Å²) in [7, 11) is 1.42. The Bertz CT molecular complexity index is 201. The molecule has 0 aliphatic heterocycles. The highest BCUT2D eigenvalue weighted by atomic mass is 16.6. The molecule has 0 heterocycles. The SMILES string of the molecule is CCOC(=O)C1(OC)CC(=O)C1. The number of carbonyl (C=O) groups is 2. The summed E-state index contributed by atoms with van der Waals surface area (Å²) in [5.74, 6) is -0.378. The minimum atomic E-state index is -0.965. The number of methoxy groups -OCH3 is 1. The van der Waals surface area contributed by atoms with Crippen molar-refractivity contribution in [1.82, 2.24) is 0 Å². The number of esters is 1. The van der Waals surface area contributed by atoms with Crippen LogP contribution in [-0.4, -0.2) is 31.1 Å². The number of rotatable bonds is 3. The average molecular weight is 172 g/mol. The number of hydrogen-bond acceptors (Lipinski definition) is 4. The monoisotopic (exact) mass is 172 g/mol.